The van der Waals surface area contributed by atoms with Crippen molar-refractivity contribution >= 4 is 15.9 Å². The van der Waals surface area contributed by atoms with E-state index in [2.05, 4.69) is 5.32 Å². The summed E-state index contributed by atoms with van der Waals surface area (Å²) >= 11 is 0. The van der Waals surface area contributed by atoms with Crippen LogP contribution in [0.1, 0.15) is 35.6 Å². The standard InChI is InChI=1S/C27H30N2O4S/c1-20-10-16-25(17-11-20)34(31,32)29-18-6-9-23(19-29)27(30)28-26(21-7-4-3-5-8-21)22-12-14-24(33-2)15-13-22/h3-5,7-8,10-17,23,26H,6,9,18-19H2,1-2H3,(H,28,30). The lowest BCUT2D eigenvalue weighted by atomic mass is 9.95. The van der Waals surface area contributed by atoms with Crippen molar-refractivity contribution in [2.45, 2.75) is 30.7 Å². The number of ether oxygens (including phenoxy) is 1. The van der Waals surface area contributed by atoms with Crippen molar-refractivity contribution in [2.75, 3.05) is 20.2 Å². The van der Waals surface area contributed by atoms with Crippen LogP contribution in [0.5, 0.6) is 5.75 Å². The van der Waals surface area contributed by atoms with Crippen molar-refractivity contribution in [2.24, 2.45) is 5.92 Å². The van der Waals surface area contributed by atoms with Crippen LogP contribution in [0.15, 0.2) is 83.8 Å². The number of hydrogen-bond donors (Lipinski definition) is 1. The van der Waals surface area contributed by atoms with Crippen LogP contribution in [0.4, 0.5) is 0 Å². The Morgan fingerprint density at radius 2 is 1.62 bits per heavy atom. The molecule has 3 aromatic carbocycles. The molecule has 0 radical (unpaired) electrons. The van der Waals surface area contributed by atoms with Gasteiger partial charge in [0.05, 0.1) is 24.0 Å². The summed E-state index contributed by atoms with van der Waals surface area (Å²) in [4.78, 5) is 13.6. The number of piperidine rings is 1. The molecule has 0 saturated carbocycles. The third-order valence-electron chi connectivity index (χ3n) is 6.28. The second kappa shape index (κ2) is 10.4. The Morgan fingerprint density at radius 1 is 0.971 bits per heavy atom. The molecule has 178 valence electrons. The summed E-state index contributed by atoms with van der Waals surface area (Å²) in [5.74, 6) is 0.179. The lowest BCUT2D eigenvalue weighted by Crippen LogP contribution is -2.46. The van der Waals surface area contributed by atoms with E-state index in [0.29, 0.717) is 19.4 Å². The van der Waals surface area contributed by atoms with E-state index in [0.717, 1.165) is 22.4 Å². The SMILES string of the molecule is COc1ccc(C(NC(=O)C2CCCN(S(=O)(=O)c3ccc(C)cc3)C2)c2ccccc2)cc1. The van der Waals surface area contributed by atoms with E-state index in [-0.39, 0.29) is 23.4 Å². The molecule has 4 rings (SSSR count). The van der Waals surface area contributed by atoms with Crippen molar-refractivity contribution in [3.8, 4) is 5.75 Å². The Bertz CT molecular complexity index is 1210. The largest absolute Gasteiger partial charge is 0.497 e. The monoisotopic (exact) mass is 478 g/mol. The molecular weight excluding hydrogens is 448 g/mol. The Balaban J connectivity index is 1.53. The average Bonchev–Trinajstić information content (AvgIpc) is 2.88. The van der Waals surface area contributed by atoms with E-state index >= 15 is 0 Å². The first-order valence-electron chi connectivity index (χ1n) is 11.4. The van der Waals surface area contributed by atoms with Crippen LogP contribution < -0.4 is 10.1 Å². The van der Waals surface area contributed by atoms with Gasteiger partial charge in [0.2, 0.25) is 15.9 Å². The van der Waals surface area contributed by atoms with Gasteiger partial charge in [0, 0.05) is 13.1 Å². The fourth-order valence-electron chi connectivity index (χ4n) is 4.30. The van der Waals surface area contributed by atoms with Crippen molar-refractivity contribution in [3.63, 3.8) is 0 Å². The highest BCUT2D eigenvalue weighted by atomic mass is 32.2. The predicted octanol–water partition coefficient (Wildman–Crippen LogP) is 4.31. The molecular formula is C27H30N2O4S. The molecule has 1 heterocycles. The molecule has 1 fully saturated rings. The molecule has 0 spiro atoms. The lowest BCUT2D eigenvalue weighted by molar-refractivity contribution is -0.126. The normalized spacial score (nSPS) is 17.6. The first-order chi connectivity index (χ1) is 16.4. The van der Waals surface area contributed by atoms with E-state index in [1.54, 1.807) is 31.4 Å². The highest BCUT2D eigenvalue weighted by Gasteiger charge is 2.34. The maximum atomic E-state index is 13.4. The number of rotatable bonds is 7. The maximum absolute atomic E-state index is 13.4. The van der Waals surface area contributed by atoms with Crippen LogP contribution in [0.25, 0.3) is 0 Å². The second-order valence-corrected chi connectivity index (χ2v) is 10.6. The minimum absolute atomic E-state index is 0.145. The number of aryl methyl sites for hydroxylation is 1. The van der Waals surface area contributed by atoms with Crippen LogP contribution >= 0.6 is 0 Å². The van der Waals surface area contributed by atoms with Gasteiger partial charge in [-0.25, -0.2) is 8.42 Å². The number of hydrogen-bond acceptors (Lipinski definition) is 4. The smallest absolute Gasteiger partial charge is 0.243 e. The molecule has 6 nitrogen and oxygen atoms in total. The lowest BCUT2D eigenvalue weighted by Gasteiger charge is -2.32. The van der Waals surface area contributed by atoms with Crippen LogP contribution in [-0.2, 0) is 14.8 Å². The summed E-state index contributed by atoms with van der Waals surface area (Å²) in [5, 5.41) is 3.17. The second-order valence-electron chi connectivity index (χ2n) is 8.64. The zero-order valence-corrected chi connectivity index (χ0v) is 20.3. The number of carbonyl (C=O) groups is 1. The van der Waals surface area contributed by atoms with Crippen LogP contribution in [0.2, 0.25) is 0 Å². The van der Waals surface area contributed by atoms with Gasteiger partial charge in [-0.05, 0) is 55.2 Å². The summed E-state index contributed by atoms with van der Waals surface area (Å²) in [5.41, 5.74) is 2.89. The van der Waals surface area contributed by atoms with Crippen molar-refractivity contribution in [3.05, 3.63) is 95.6 Å². The molecule has 1 aliphatic rings. The average molecular weight is 479 g/mol. The summed E-state index contributed by atoms with van der Waals surface area (Å²) in [6, 6.07) is 23.9. The summed E-state index contributed by atoms with van der Waals surface area (Å²) in [6.45, 7) is 2.51. The van der Waals surface area contributed by atoms with Gasteiger partial charge in [-0.3, -0.25) is 4.79 Å². The first kappa shape index (κ1) is 24.0. The number of methoxy groups -OCH3 is 1. The quantitative estimate of drug-likeness (QED) is 0.549. The topological polar surface area (TPSA) is 75.7 Å². The fourth-order valence-corrected chi connectivity index (χ4v) is 5.82. The van der Waals surface area contributed by atoms with Gasteiger partial charge in [-0.1, -0.05) is 60.2 Å². The number of sulfonamides is 1. The highest BCUT2D eigenvalue weighted by Crippen LogP contribution is 2.28. The molecule has 34 heavy (non-hydrogen) atoms. The third-order valence-corrected chi connectivity index (χ3v) is 8.16. The Hall–Kier alpha value is -3.16. The molecule has 1 amide bonds. The third kappa shape index (κ3) is 5.32. The number of carbonyl (C=O) groups excluding carboxylic acids is 1. The van der Waals surface area contributed by atoms with E-state index < -0.39 is 15.9 Å². The van der Waals surface area contributed by atoms with Crippen LogP contribution in [-0.4, -0.2) is 38.8 Å². The van der Waals surface area contributed by atoms with Crippen LogP contribution in [0, 0.1) is 12.8 Å². The van der Waals surface area contributed by atoms with Gasteiger partial charge >= 0.3 is 0 Å². The molecule has 1 aliphatic heterocycles. The summed E-state index contributed by atoms with van der Waals surface area (Å²) < 4.78 is 33.1. The van der Waals surface area contributed by atoms with Gasteiger partial charge in [0.1, 0.15) is 5.75 Å². The van der Waals surface area contributed by atoms with Gasteiger partial charge < -0.3 is 10.1 Å². The van der Waals surface area contributed by atoms with E-state index in [4.69, 9.17) is 4.74 Å². The van der Waals surface area contributed by atoms with E-state index in [1.165, 1.54) is 4.31 Å². The number of nitrogens with one attached hydrogen (secondary N) is 1. The molecule has 1 saturated heterocycles. The maximum Gasteiger partial charge on any atom is 0.243 e. The Morgan fingerprint density at radius 3 is 2.26 bits per heavy atom. The minimum Gasteiger partial charge on any atom is -0.497 e. The first-order valence-corrected chi connectivity index (χ1v) is 12.9. The van der Waals surface area contributed by atoms with Gasteiger partial charge in [0.25, 0.3) is 0 Å². The Labute approximate surface area is 201 Å². The van der Waals surface area contributed by atoms with Crippen molar-refractivity contribution in [1.82, 2.24) is 9.62 Å². The zero-order chi connectivity index (χ0) is 24.1. The van der Waals surface area contributed by atoms with Crippen molar-refractivity contribution in [1.29, 1.82) is 0 Å². The number of benzene rings is 3. The van der Waals surface area contributed by atoms with E-state index in [1.807, 2.05) is 61.5 Å². The van der Waals surface area contributed by atoms with Crippen LogP contribution in [0.3, 0.4) is 0 Å². The fraction of sp³-hybridized carbons (Fsp3) is 0.296. The molecule has 3 aromatic rings. The molecule has 7 heteroatoms. The van der Waals surface area contributed by atoms with Gasteiger partial charge in [0.15, 0.2) is 0 Å². The Kier molecular flexibility index (Phi) is 7.34. The molecule has 1 N–H and O–H groups in total. The van der Waals surface area contributed by atoms with Gasteiger partial charge in [-0.2, -0.15) is 4.31 Å². The highest BCUT2D eigenvalue weighted by molar-refractivity contribution is 7.89. The number of amides is 1. The predicted molar refractivity (Wildman–Crippen MR) is 132 cm³/mol. The zero-order valence-electron chi connectivity index (χ0n) is 19.5. The molecule has 2 atom stereocenters. The summed E-state index contributed by atoms with van der Waals surface area (Å²) in [6.07, 6.45) is 1.29. The number of nitrogens with zero attached hydrogens (tertiary/aromatic N) is 1. The molecule has 0 aromatic heterocycles. The van der Waals surface area contributed by atoms with Gasteiger partial charge in [-0.15, -0.1) is 0 Å². The van der Waals surface area contributed by atoms with E-state index in [9.17, 15) is 13.2 Å². The molecule has 2 unspecified atom stereocenters. The molecule has 0 bridgehead atoms. The minimum atomic E-state index is -3.65. The van der Waals surface area contributed by atoms with Crippen molar-refractivity contribution < 1.29 is 17.9 Å². The summed E-state index contributed by atoms with van der Waals surface area (Å²) in [7, 11) is -2.03. The molecule has 0 aliphatic carbocycles.